The molecule has 3 aliphatic rings. The van der Waals surface area contributed by atoms with E-state index in [2.05, 4.69) is 99.0 Å². The van der Waals surface area contributed by atoms with Crippen molar-refractivity contribution in [3.8, 4) is 9.75 Å². The van der Waals surface area contributed by atoms with Gasteiger partial charge in [-0.2, -0.15) is 0 Å². The third-order valence-corrected chi connectivity index (χ3v) is 44.9. The van der Waals surface area contributed by atoms with Crippen LogP contribution in [0.1, 0.15) is 492 Å². The predicted molar refractivity (Wildman–Crippen MR) is 480 cm³/mol. The van der Waals surface area contributed by atoms with Gasteiger partial charge in [-0.3, -0.25) is 43.5 Å². The van der Waals surface area contributed by atoms with E-state index in [0.29, 0.717) is 43.1 Å². The summed E-state index contributed by atoms with van der Waals surface area (Å²) in [7, 11) is 0. The molecule has 3 aromatic rings. The fourth-order valence-electron chi connectivity index (χ4n) is 16.0. The Morgan fingerprint density at radius 2 is 0.435 bits per heavy atom. The standard InChI is InChI=1S/C46H72N2O4S2.C23H36BrNO2S.6C4H9.2Sn/c1-5-9-13-17-21-25-29-35(30-26-22-18-14-10-6-2)47-43(49)37-33-53-41(39(37)45(47)51)42-40-38(34-54-42)44(50)48(46(40)52)36(31-27-23-19-15-11-7-3)32-28-24-20-16-12-8-4;1-3-5-7-9-11-13-15-18(16-14-12-10-8-6-4-2)25-22(26)19-17-28-21(24)20(19)23(25)27;6*1-3-4-2;;/h33-36H,5-32H2,1-4H3;17-18H,3-16H2,1-2H3;6*1,3-4H2,2H3;;. The Hall–Kier alpha value is -1.40. The van der Waals surface area contributed by atoms with Gasteiger partial charge in [-0.1, -0.05) is 273 Å². The van der Waals surface area contributed by atoms with Gasteiger partial charge in [0.25, 0.3) is 35.4 Å². The molecule has 9 nitrogen and oxygen atoms in total. The molecular weight excluding hydrogens is 1670 g/mol. The van der Waals surface area contributed by atoms with E-state index in [1.54, 1.807) is 41.3 Å². The van der Waals surface area contributed by atoms with E-state index >= 15 is 0 Å². The van der Waals surface area contributed by atoms with Crippen LogP contribution in [0.3, 0.4) is 0 Å². The first-order valence-corrected chi connectivity index (χ1v) is 61.6. The van der Waals surface area contributed by atoms with E-state index in [0.717, 1.165) is 107 Å². The second kappa shape index (κ2) is 64.7. The van der Waals surface area contributed by atoms with Crippen molar-refractivity contribution >= 4 is 125 Å². The molecule has 0 saturated carbocycles. The van der Waals surface area contributed by atoms with Gasteiger partial charge in [-0.25, -0.2) is 0 Å². The van der Waals surface area contributed by atoms with Gasteiger partial charge >= 0.3 is 185 Å². The van der Waals surface area contributed by atoms with Crippen LogP contribution in [0.4, 0.5) is 0 Å². The molecular formula is C93H162BrN3O6S3Sn2. The van der Waals surface area contributed by atoms with Crippen LogP contribution in [-0.2, 0) is 0 Å². The van der Waals surface area contributed by atoms with Crippen molar-refractivity contribution in [2.45, 2.75) is 475 Å². The molecule has 3 aliphatic heterocycles. The quantitative estimate of drug-likeness (QED) is 0.0316. The topological polar surface area (TPSA) is 112 Å². The van der Waals surface area contributed by atoms with Gasteiger partial charge < -0.3 is 0 Å². The van der Waals surface area contributed by atoms with Crippen molar-refractivity contribution in [1.82, 2.24) is 14.7 Å². The van der Waals surface area contributed by atoms with E-state index in [1.165, 1.54) is 278 Å². The van der Waals surface area contributed by atoms with E-state index in [4.69, 9.17) is 0 Å². The monoisotopic (exact) mass is 1830 g/mol. The zero-order valence-electron chi connectivity index (χ0n) is 71.8. The van der Waals surface area contributed by atoms with Crippen LogP contribution < -0.4 is 0 Å². The molecule has 0 atom stereocenters. The van der Waals surface area contributed by atoms with Gasteiger partial charge in [0, 0.05) is 34.3 Å². The average Bonchev–Trinajstić information content (AvgIpc) is 1.65. The van der Waals surface area contributed by atoms with Crippen LogP contribution in [0.5, 0.6) is 0 Å². The number of amides is 6. The number of rotatable bonds is 64. The van der Waals surface area contributed by atoms with Crippen LogP contribution in [0.15, 0.2) is 19.9 Å². The van der Waals surface area contributed by atoms with Gasteiger partial charge in [0.15, 0.2) is 0 Å². The van der Waals surface area contributed by atoms with Gasteiger partial charge in [0.1, 0.15) is 0 Å². The summed E-state index contributed by atoms with van der Waals surface area (Å²) >= 11 is 5.96. The summed E-state index contributed by atoms with van der Waals surface area (Å²) in [5, 5.41) is 5.47. The number of imide groups is 3. The maximum atomic E-state index is 14.4. The van der Waals surface area contributed by atoms with Crippen molar-refractivity contribution in [2.75, 3.05) is 0 Å². The Morgan fingerprint density at radius 1 is 0.250 bits per heavy atom. The second-order valence-electron chi connectivity index (χ2n) is 32.4. The first kappa shape index (κ1) is 101. The molecule has 0 spiro atoms. The van der Waals surface area contributed by atoms with Crippen molar-refractivity contribution in [2.24, 2.45) is 0 Å². The fraction of sp³-hybridized carbons (Fsp3) is 0.806. The summed E-state index contributed by atoms with van der Waals surface area (Å²) in [6.07, 6.45) is 66.0. The first-order chi connectivity index (χ1) is 52.7. The van der Waals surface area contributed by atoms with Crippen LogP contribution >= 0.6 is 49.9 Å². The Balaban J connectivity index is 0.000000459. The molecule has 6 amide bonds. The van der Waals surface area contributed by atoms with Gasteiger partial charge in [0.2, 0.25) is 0 Å². The van der Waals surface area contributed by atoms with E-state index in [-0.39, 0.29) is 53.6 Å². The number of thiophene rings is 3. The summed E-state index contributed by atoms with van der Waals surface area (Å²) in [6, 6.07) is -0.156. The minimum absolute atomic E-state index is 0.0571. The molecule has 0 bridgehead atoms. The molecule has 0 saturated heterocycles. The minimum atomic E-state index is -0.839. The third kappa shape index (κ3) is 37.3. The number of fused-ring (bicyclic) bond motifs is 3. The molecule has 3 aromatic heterocycles. The Morgan fingerprint density at radius 3 is 0.648 bits per heavy atom. The number of halogens is 1. The number of unbranched alkanes of at least 4 members (excludes halogenated alkanes) is 36. The van der Waals surface area contributed by atoms with E-state index in [1.807, 2.05) is 16.1 Å². The van der Waals surface area contributed by atoms with Gasteiger partial charge in [-0.15, -0.1) is 34.0 Å². The van der Waals surface area contributed by atoms with E-state index in [9.17, 15) is 28.8 Å². The van der Waals surface area contributed by atoms with Gasteiger partial charge in [0.05, 0.1) is 46.9 Å². The maximum absolute atomic E-state index is 14.4. The molecule has 0 aromatic carbocycles. The Kier molecular flexibility index (Phi) is 60.4. The summed E-state index contributed by atoms with van der Waals surface area (Å²) in [4.78, 5) is 88.7. The molecule has 108 heavy (non-hydrogen) atoms. The molecule has 2 radical (unpaired) electrons. The van der Waals surface area contributed by atoms with Crippen LogP contribution in [0.2, 0.25) is 26.6 Å². The predicted octanol–water partition coefficient (Wildman–Crippen LogP) is 32.1. The number of nitrogens with zero attached hydrogens (tertiary/aromatic N) is 3. The van der Waals surface area contributed by atoms with Crippen LogP contribution in [0, 0.1) is 0 Å². The zero-order chi connectivity index (χ0) is 78.9. The SMILES string of the molecule is CCCCCCCCC(CCCCCCCC)N1C(=O)c2csc(-c3scc4c3C(=O)N(C(CCCCCCCC)CCCCCCCC)C4=O)c2C1=O.CCCCCCCCC(CCCCCCCC)N1C(=O)c2csc(Br)c2C1=O.CCC[CH2][Sn]([CH2]CCC)[CH2]CCC.CCC[CH2][Sn]([CH2]CCC)[CH2]CCC. The average molecular weight is 1830 g/mol. The summed E-state index contributed by atoms with van der Waals surface area (Å²) in [6.45, 7) is 27.4. The third-order valence-electron chi connectivity index (χ3n) is 22.9. The summed E-state index contributed by atoms with van der Waals surface area (Å²) < 4.78 is 10.9. The Labute approximate surface area is 699 Å². The second-order valence-corrected chi connectivity index (χ2v) is 53.4. The molecule has 0 unspecified atom stereocenters. The van der Waals surface area contributed by atoms with Crippen molar-refractivity contribution < 1.29 is 28.8 Å². The molecule has 6 rings (SSSR count). The van der Waals surface area contributed by atoms with Crippen molar-refractivity contribution in [3.63, 3.8) is 0 Å². The van der Waals surface area contributed by atoms with Crippen LogP contribution in [-0.4, -0.2) is 108 Å². The molecule has 618 valence electrons. The number of hydrogen-bond donors (Lipinski definition) is 0. The van der Waals surface area contributed by atoms with Crippen molar-refractivity contribution in [3.05, 3.63) is 53.3 Å². The Bertz CT molecular complexity index is 2620. The van der Waals surface area contributed by atoms with E-state index < -0.39 is 39.5 Å². The zero-order valence-corrected chi connectivity index (χ0v) is 81.5. The molecule has 0 aliphatic carbocycles. The fourth-order valence-corrected chi connectivity index (χ4v) is 38.5. The number of hydrogen-bond acceptors (Lipinski definition) is 9. The van der Waals surface area contributed by atoms with Gasteiger partial charge in [-0.05, 0) is 54.5 Å². The molecule has 15 heteroatoms. The first-order valence-electron chi connectivity index (χ1n) is 46.0. The van der Waals surface area contributed by atoms with Crippen LogP contribution in [0.25, 0.3) is 9.75 Å². The van der Waals surface area contributed by atoms with Crippen molar-refractivity contribution in [1.29, 1.82) is 0 Å². The summed E-state index contributed by atoms with van der Waals surface area (Å²) in [5.74, 6) is -0.968. The number of carbonyl (C=O) groups excluding carboxylic acids is 6. The summed E-state index contributed by atoms with van der Waals surface area (Å²) in [5.41, 5.74) is 3.01. The molecule has 0 fully saturated rings. The normalized spacial score (nSPS) is 13.3. The number of carbonyl (C=O) groups is 6. The molecule has 6 heterocycles. The molecule has 0 N–H and O–H groups in total.